The summed E-state index contributed by atoms with van der Waals surface area (Å²) in [6.45, 7) is 1.47. The van der Waals surface area contributed by atoms with Gasteiger partial charge in [-0.3, -0.25) is 0 Å². The van der Waals surface area contributed by atoms with Gasteiger partial charge in [0.05, 0.1) is 5.60 Å². The van der Waals surface area contributed by atoms with Crippen LogP contribution in [0.1, 0.15) is 31.7 Å². The maximum Gasteiger partial charge on any atom is 0.389 e. The van der Waals surface area contributed by atoms with Gasteiger partial charge in [-0.15, -0.1) is 0 Å². The van der Waals surface area contributed by atoms with Gasteiger partial charge in [-0.1, -0.05) is 12.1 Å². The average molecular weight is 248 g/mol. The molecule has 0 aliphatic carbocycles. The lowest BCUT2D eigenvalue weighted by atomic mass is 9.90. The third kappa shape index (κ3) is 4.65. The fraction of sp³-hybridized carbons (Fsp3) is 0.500. The Morgan fingerprint density at radius 3 is 2.06 bits per heavy atom. The second-order valence-electron chi connectivity index (χ2n) is 4.29. The summed E-state index contributed by atoms with van der Waals surface area (Å²) in [5.41, 5.74) is -0.809. The zero-order chi connectivity index (χ0) is 13.1. The second-order valence-corrected chi connectivity index (χ2v) is 4.29. The van der Waals surface area contributed by atoms with Crippen LogP contribution in [-0.4, -0.2) is 16.4 Å². The molecule has 0 saturated heterocycles. The van der Waals surface area contributed by atoms with Gasteiger partial charge < -0.3 is 10.2 Å². The molecule has 2 N–H and O–H groups in total. The lowest BCUT2D eigenvalue weighted by Crippen LogP contribution is -2.22. The fourth-order valence-corrected chi connectivity index (χ4v) is 1.60. The van der Waals surface area contributed by atoms with E-state index in [-0.39, 0.29) is 18.6 Å². The third-order valence-corrected chi connectivity index (χ3v) is 2.61. The summed E-state index contributed by atoms with van der Waals surface area (Å²) in [6.07, 6.45) is -5.19. The number of phenolic OH excluding ortho intramolecular Hbond substituents is 1. The van der Waals surface area contributed by atoms with Crippen molar-refractivity contribution < 1.29 is 23.4 Å². The van der Waals surface area contributed by atoms with Crippen molar-refractivity contribution in [2.24, 2.45) is 0 Å². The van der Waals surface area contributed by atoms with Crippen molar-refractivity contribution in [1.82, 2.24) is 0 Å². The first-order valence-electron chi connectivity index (χ1n) is 5.29. The van der Waals surface area contributed by atoms with Gasteiger partial charge in [-0.25, -0.2) is 0 Å². The van der Waals surface area contributed by atoms with E-state index in [1.165, 1.54) is 31.2 Å². The predicted molar refractivity (Wildman–Crippen MR) is 57.6 cm³/mol. The van der Waals surface area contributed by atoms with E-state index in [1.807, 2.05) is 0 Å². The Morgan fingerprint density at radius 1 is 1.06 bits per heavy atom. The van der Waals surface area contributed by atoms with Gasteiger partial charge in [-0.2, -0.15) is 13.2 Å². The van der Waals surface area contributed by atoms with Crippen molar-refractivity contribution in [3.8, 4) is 5.75 Å². The molecule has 0 heterocycles. The van der Waals surface area contributed by atoms with Crippen LogP contribution in [0.5, 0.6) is 5.75 Å². The molecule has 0 aromatic heterocycles. The highest BCUT2D eigenvalue weighted by atomic mass is 19.4. The van der Waals surface area contributed by atoms with Crippen LogP contribution in [0, 0.1) is 0 Å². The minimum Gasteiger partial charge on any atom is -0.508 e. The average Bonchev–Trinajstić information content (AvgIpc) is 2.15. The smallest absolute Gasteiger partial charge is 0.389 e. The lowest BCUT2D eigenvalue weighted by molar-refractivity contribution is -0.137. The van der Waals surface area contributed by atoms with Crippen molar-refractivity contribution in [2.45, 2.75) is 38.0 Å². The predicted octanol–water partition coefficient (Wildman–Crippen LogP) is 3.33. The normalized spacial score (nSPS) is 15.6. The molecule has 0 amide bonds. The van der Waals surface area contributed by atoms with E-state index in [2.05, 4.69) is 0 Å². The van der Waals surface area contributed by atoms with E-state index in [9.17, 15) is 18.3 Å². The number of alkyl halides is 3. The van der Waals surface area contributed by atoms with Crippen molar-refractivity contribution in [2.75, 3.05) is 0 Å². The zero-order valence-electron chi connectivity index (χ0n) is 9.46. The van der Waals surface area contributed by atoms with Gasteiger partial charge in [0.25, 0.3) is 0 Å². The Bertz CT molecular complexity index is 355. The maximum atomic E-state index is 12.0. The van der Waals surface area contributed by atoms with Crippen LogP contribution < -0.4 is 0 Å². The van der Waals surface area contributed by atoms with E-state index < -0.39 is 18.2 Å². The van der Waals surface area contributed by atoms with E-state index >= 15 is 0 Å². The molecule has 1 rings (SSSR count). The monoisotopic (exact) mass is 248 g/mol. The number of hydrogen-bond donors (Lipinski definition) is 2. The molecule has 96 valence electrons. The first kappa shape index (κ1) is 13.8. The molecule has 0 aliphatic heterocycles. The minimum atomic E-state index is -4.19. The Labute approximate surface area is 97.7 Å². The highest BCUT2D eigenvalue weighted by molar-refractivity contribution is 5.29. The van der Waals surface area contributed by atoms with Crippen LogP contribution in [0.15, 0.2) is 24.3 Å². The molecular weight excluding hydrogens is 233 g/mol. The Balaban J connectivity index is 2.59. The number of phenols is 1. The maximum absolute atomic E-state index is 12.0. The molecule has 1 aromatic rings. The number of aromatic hydroxyl groups is 1. The zero-order valence-corrected chi connectivity index (χ0v) is 9.46. The van der Waals surface area contributed by atoms with Crippen LogP contribution in [0.3, 0.4) is 0 Å². The lowest BCUT2D eigenvalue weighted by Gasteiger charge is -2.24. The van der Waals surface area contributed by atoms with Crippen molar-refractivity contribution in [3.05, 3.63) is 29.8 Å². The summed E-state index contributed by atoms with van der Waals surface area (Å²) in [5.74, 6) is 0.0554. The highest BCUT2D eigenvalue weighted by Gasteiger charge is 2.29. The molecule has 0 bridgehead atoms. The molecule has 1 aromatic carbocycles. The van der Waals surface area contributed by atoms with E-state index in [4.69, 9.17) is 5.11 Å². The second kappa shape index (κ2) is 4.96. The van der Waals surface area contributed by atoms with Crippen molar-refractivity contribution >= 4 is 0 Å². The van der Waals surface area contributed by atoms with Gasteiger partial charge in [0.1, 0.15) is 5.75 Å². The van der Waals surface area contributed by atoms with E-state index in [1.54, 1.807) is 0 Å². The Morgan fingerprint density at radius 2 is 1.59 bits per heavy atom. The topological polar surface area (TPSA) is 40.5 Å². The molecule has 5 heteroatoms. The minimum absolute atomic E-state index is 0.0251. The van der Waals surface area contributed by atoms with Crippen LogP contribution in [-0.2, 0) is 5.60 Å². The summed E-state index contributed by atoms with van der Waals surface area (Å²) in [6, 6.07) is 5.80. The number of aliphatic hydroxyl groups is 1. The first-order valence-corrected chi connectivity index (χ1v) is 5.29. The Kier molecular flexibility index (Phi) is 4.03. The van der Waals surface area contributed by atoms with Crippen LogP contribution in [0.4, 0.5) is 13.2 Å². The molecule has 0 fully saturated rings. The quantitative estimate of drug-likeness (QED) is 0.858. The van der Waals surface area contributed by atoms with Crippen LogP contribution in [0.2, 0.25) is 0 Å². The fourth-order valence-electron chi connectivity index (χ4n) is 1.60. The summed E-state index contributed by atoms with van der Waals surface area (Å²) >= 11 is 0. The molecule has 17 heavy (non-hydrogen) atoms. The van der Waals surface area contributed by atoms with Crippen LogP contribution >= 0.6 is 0 Å². The van der Waals surface area contributed by atoms with Gasteiger partial charge in [0.2, 0.25) is 0 Å². The van der Waals surface area contributed by atoms with Crippen molar-refractivity contribution in [3.63, 3.8) is 0 Å². The van der Waals surface area contributed by atoms with Gasteiger partial charge in [0.15, 0.2) is 0 Å². The molecular formula is C12H15F3O2. The molecule has 1 atom stereocenters. The summed E-state index contributed by atoms with van der Waals surface area (Å²) in [4.78, 5) is 0. The standard InChI is InChI=1S/C12H15F3O2/c1-11(17,7-2-8-12(13,14)15)9-3-5-10(16)6-4-9/h3-6,16-17H,2,7-8H2,1H3. The SMILES string of the molecule is CC(O)(CCCC(F)(F)F)c1ccc(O)cc1. The van der Waals surface area contributed by atoms with Crippen molar-refractivity contribution in [1.29, 1.82) is 0 Å². The molecule has 0 radical (unpaired) electrons. The molecule has 2 nitrogen and oxygen atoms in total. The first-order chi connectivity index (χ1) is 7.71. The number of hydrogen-bond acceptors (Lipinski definition) is 2. The number of benzene rings is 1. The summed E-state index contributed by atoms with van der Waals surface area (Å²) < 4.78 is 35.9. The summed E-state index contributed by atoms with van der Waals surface area (Å²) in [5, 5.41) is 19.1. The van der Waals surface area contributed by atoms with Gasteiger partial charge >= 0.3 is 6.18 Å². The summed E-state index contributed by atoms with van der Waals surface area (Å²) in [7, 11) is 0. The highest BCUT2D eigenvalue weighted by Crippen LogP contribution is 2.30. The number of rotatable bonds is 4. The van der Waals surface area contributed by atoms with Gasteiger partial charge in [-0.05, 0) is 37.5 Å². The molecule has 0 saturated carbocycles. The largest absolute Gasteiger partial charge is 0.508 e. The molecule has 0 spiro atoms. The van der Waals surface area contributed by atoms with E-state index in [0.717, 1.165) is 0 Å². The Hall–Kier alpha value is -1.23. The van der Waals surface area contributed by atoms with Crippen LogP contribution in [0.25, 0.3) is 0 Å². The third-order valence-electron chi connectivity index (χ3n) is 2.61. The molecule has 0 aliphatic rings. The van der Waals surface area contributed by atoms with Gasteiger partial charge in [0, 0.05) is 6.42 Å². The number of halogens is 3. The van der Waals surface area contributed by atoms with E-state index in [0.29, 0.717) is 5.56 Å². The molecule has 1 unspecified atom stereocenters.